The molecule has 0 fully saturated rings. The van der Waals surface area contributed by atoms with Crippen LogP contribution in [0.15, 0.2) is 0 Å². The van der Waals surface area contributed by atoms with Gasteiger partial charge in [-0.3, -0.25) is 4.79 Å². The third-order valence-electron chi connectivity index (χ3n) is 1.96. The van der Waals surface area contributed by atoms with E-state index < -0.39 is 0 Å². The fraction of sp³-hybridized carbons (Fsp3) is 0.900. The minimum Gasteiger partial charge on any atom is -0.393 e. The van der Waals surface area contributed by atoms with Gasteiger partial charge in [-0.25, -0.2) is 0 Å². The second-order valence-corrected chi connectivity index (χ2v) is 3.60. The summed E-state index contributed by atoms with van der Waals surface area (Å²) in [5, 5.41) is 14.9. The van der Waals surface area contributed by atoms with Crippen molar-refractivity contribution in [2.24, 2.45) is 0 Å². The molecule has 0 radical (unpaired) electrons. The third kappa shape index (κ3) is 6.86. The third-order valence-corrected chi connectivity index (χ3v) is 1.96. The van der Waals surface area contributed by atoms with E-state index in [4.69, 9.17) is 5.11 Å². The minimum atomic E-state index is -0.312. The highest BCUT2D eigenvalue weighted by Crippen LogP contribution is 1.88. The molecule has 0 aliphatic rings. The Balaban J connectivity index is 3.51. The molecule has 0 saturated heterocycles. The second kappa shape index (κ2) is 7.76. The van der Waals surface area contributed by atoms with Gasteiger partial charge in [0.15, 0.2) is 0 Å². The topological polar surface area (TPSA) is 61.4 Å². The first-order chi connectivity index (χ1) is 6.57. The largest absolute Gasteiger partial charge is 0.393 e. The molecule has 0 aromatic heterocycles. The van der Waals surface area contributed by atoms with Gasteiger partial charge in [0.2, 0.25) is 5.91 Å². The Bertz CT molecular complexity index is 160. The molecule has 0 aromatic carbocycles. The Morgan fingerprint density at radius 3 is 2.50 bits per heavy atom. The number of hydrogen-bond donors (Lipinski definition) is 3. The molecule has 0 spiro atoms. The molecule has 14 heavy (non-hydrogen) atoms. The lowest BCUT2D eigenvalue weighted by atomic mass is 10.2. The molecule has 2 unspecified atom stereocenters. The maximum absolute atomic E-state index is 11.3. The zero-order valence-corrected chi connectivity index (χ0v) is 9.34. The highest BCUT2D eigenvalue weighted by Gasteiger charge is 2.10. The Kier molecular flexibility index (Phi) is 7.42. The molecular formula is C10H22N2O2. The first-order valence-corrected chi connectivity index (χ1v) is 5.27. The average Bonchev–Trinajstić information content (AvgIpc) is 2.13. The van der Waals surface area contributed by atoms with Gasteiger partial charge in [-0.15, -0.1) is 0 Å². The van der Waals surface area contributed by atoms with E-state index in [0.717, 1.165) is 13.0 Å². The molecule has 3 N–H and O–H groups in total. The molecule has 4 heteroatoms. The maximum Gasteiger partial charge on any atom is 0.236 e. The summed E-state index contributed by atoms with van der Waals surface area (Å²) in [6.45, 7) is 6.97. The monoisotopic (exact) mass is 202 g/mol. The summed E-state index contributed by atoms with van der Waals surface area (Å²) in [7, 11) is 0. The smallest absolute Gasteiger partial charge is 0.236 e. The van der Waals surface area contributed by atoms with E-state index in [1.165, 1.54) is 0 Å². The van der Waals surface area contributed by atoms with E-state index in [1.54, 1.807) is 6.92 Å². The Labute approximate surface area is 86.1 Å². The zero-order valence-electron chi connectivity index (χ0n) is 9.34. The molecule has 0 aromatic rings. The molecule has 84 valence electrons. The fourth-order valence-electron chi connectivity index (χ4n) is 1.00. The molecule has 0 aliphatic carbocycles. The van der Waals surface area contributed by atoms with Crippen molar-refractivity contribution in [1.82, 2.24) is 10.6 Å². The number of carbonyl (C=O) groups is 1. The SMILES string of the molecule is CCCNC(=O)C(C)NCCC(C)O. The molecule has 1 amide bonds. The Hall–Kier alpha value is -0.610. The van der Waals surface area contributed by atoms with Gasteiger partial charge in [0.25, 0.3) is 0 Å². The van der Waals surface area contributed by atoms with Gasteiger partial charge < -0.3 is 15.7 Å². The predicted molar refractivity (Wildman–Crippen MR) is 57.1 cm³/mol. The molecule has 0 aliphatic heterocycles. The molecule has 2 atom stereocenters. The van der Waals surface area contributed by atoms with Gasteiger partial charge in [0.1, 0.15) is 0 Å². The zero-order chi connectivity index (χ0) is 11.0. The van der Waals surface area contributed by atoms with Gasteiger partial charge in [0.05, 0.1) is 12.1 Å². The van der Waals surface area contributed by atoms with Crippen LogP contribution in [0.3, 0.4) is 0 Å². The van der Waals surface area contributed by atoms with Gasteiger partial charge in [-0.1, -0.05) is 6.92 Å². The normalized spacial score (nSPS) is 14.9. The van der Waals surface area contributed by atoms with Crippen LogP contribution in [-0.2, 0) is 4.79 Å². The summed E-state index contributed by atoms with van der Waals surface area (Å²) in [6, 6.07) is -0.180. The van der Waals surface area contributed by atoms with Crippen molar-refractivity contribution < 1.29 is 9.90 Å². The van der Waals surface area contributed by atoms with Crippen LogP contribution in [0, 0.1) is 0 Å². The number of nitrogens with one attached hydrogen (secondary N) is 2. The number of rotatable bonds is 7. The second-order valence-electron chi connectivity index (χ2n) is 3.60. The highest BCUT2D eigenvalue weighted by molar-refractivity contribution is 5.81. The highest BCUT2D eigenvalue weighted by atomic mass is 16.3. The molecule has 0 heterocycles. The minimum absolute atomic E-state index is 0.0254. The molecular weight excluding hydrogens is 180 g/mol. The van der Waals surface area contributed by atoms with Crippen molar-refractivity contribution in [2.45, 2.75) is 45.8 Å². The van der Waals surface area contributed by atoms with Crippen molar-refractivity contribution >= 4 is 5.91 Å². The van der Waals surface area contributed by atoms with Crippen molar-refractivity contribution in [2.75, 3.05) is 13.1 Å². The van der Waals surface area contributed by atoms with Crippen LogP contribution in [-0.4, -0.2) is 36.2 Å². The van der Waals surface area contributed by atoms with E-state index in [-0.39, 0.29) is 18.1 Å². The van der Waals surface area contributed by atoms with Crippen LogP contribution in [0.1, 0.15) is 33.6 Å². The van der Waals surface area contributed by atoms with E-state index in [9.17, 15) is 4.79 Å². The van der Waals surface area contributed by atoms with E-state index in [0.29, 0.717) is 13.0 Å². The summed E-state index contributed by atoms with van der Waals surface area (Å²) in [4.78, 5) is 11.3. The van der Waals surface area contributed by atoms with E-state index in [2.05, 4.69) is 10.6 Å². The number of amides is 1. The average molecular weight is 202 g/mol. The van der Waals surface area contributed by atoms with Crippen LogP contribution in [0.5, 0.6) is 0 Å². The summed E-state index contributed by atoms with van der Waals surface area (Å²) in [6.07, 6.45) is 1.31. The Morgan fingerprint density at radius 2 is 2.00 bits per heavy atom. The standard InChI is InChI=1S/C10H22N2O2/c1-4-6-12-10(14)9(3)11-7-5-8(2)13/h8-9,11,13H,4-7H2,1-3H3,(H,12,14). The van der Waals surface area contributed by atoms with Gasteiger partial charge in [-0.2, -0.15) is 0 Å². The van der Waals surface area contributed by atoms with Crippen molar-refractivity contribution in [3.63, 3.8) is 0 Å². The van der Waals surface area contributed by atoms with Gasteiger partial charge >= 0.3 is 0 Å². The summed E-state index contributed by atoms with van der Waals surface area (Å²) >= 11 is 0. The first-order valence-electron chi connectivity index (χ1n) is 5.27. The van der Waals surface area contributed by atoms with E-state index in [1.807, 2.05) is 13.8 Å². The molecule has 4 nitrogen and oxygen atoms in total. The fourth-order valence-corrected chi connectivity index (χ4v) is 1.00. The number of carbonyl (C=O) groups excluding carboxylic acids is 1. The van der Waals surface area contributed by atoms with Crippen LogP contribution in [0.4, 0.5) is 0 Å². The Morgan fingerprint density at radius 1 is 1.36 bits per heavy atom. The predicted octanol–water partition coefficient (Wildman–Crippen LogP) is 0.262. The van der Waals surface area contributed by atoms with Crippen LogP contribution < -0.4 is 10.6 Å². The quantitative estimate of drug-likeness (QED) is 0.555. The number of aliphatic hydroxyl groups excluding tert-OH is 1. The molecule has 0 rings (SSSR count). The van der Waals surface area contributed by atoms with E-state index >= 15 is 0 Å². The summed E-state index contributed by atoms with van der Waals surface area (Å²) in [5.41, 5.74) is 0. The lowest BCUT2D eigenvalue weighted by molar-refractivity contribution is -0.122. The summed E-state index contributed by atoms with van der Waals surface area (Å²) in [5.74, 6) is 0.0254. The maximum atomic E-state index is 11.3. The first kappa shape index (κ1) is 13.4. The van der Waals surface area contributed by atoms with Crippen molar-refractivity contribution in [3.05, 3.63) is 0 Å². The lowest BCUT2D eigenvalue weighted by Gasteiger charge is -2.14. The number of aliphatic hydroxyl groups is 1. The molecule has 0 bridgehead atoms. The van der Waals surface area contributed by atoms with Crippen molar-refractivity contribution in [3.8, 4) is 0 Å². The lowest BCUT2D eigenvalue weighted by Crippen LogP contribution is -2.43. The molecule has 0 saturated carbocycles. The van der Waals surface area contributed by atoms with Gasteiger partial charge in [-0.05, 0) is 33.2 Å². The van der Waals surface area contributed by atoms with Crippen LogP contribution >= 0.6 is 0 Å². The van der Waals surface area contributed by atoms with Crippen LogP contribution in [0.2, 0.25) is 0 Å². The van der Waals surface area contributed by atoms with Crippen molar-refractivity contribution in [1.29, 1.82) is 0 Å². The summed E-state index contributed by atoms with van der Waals surface area (Å²) < 4.78 is 0. The van der Waals surface area contributed by atoms with Crippen LogP contribution in [0.25, 0.3) is 0 Å². The number of hydrogen-bond acceptors (Lipinski definition) is 3. The van der Waals surface area contributed by atoms with Gasteiger partial charge in [0, 0.05) is 6.54 Å².